The highest BCUT2D eigenvalue weighted by Crippen LogP contribution is 2.24. The summed E-state index contributed by atoms with van der Waals surface area (Å²) in [5.41, 5.74) is -0.943. The van der Waals surface area contributed by atoms with Crippen LogP contribution in [0.1, 0.15) is 31.9 Å². The maximum Gasteiger partial charge on any atom is 0.419 e. The van der Waals surface area contributed by atoms with Crippen molar-refractivity contribution in [1.29, 1.82) is 0 Å². The Morgan fingerprint density at radius 3 is 2.11 bits per heavy atom. The van der Waals surface area contributed by atoms with Crippen LogP contribution >= 0.6 is 0 Å². The summed E-state index contributed by atoms with van der Waals surface area (Å²) in [5.74, 6) is 0.406. The summed E-state index contributed by atoms with van der Waals surface area (Å²) in [6.45, 7) is 5.15. The fourth-order valence-corrected chi connectivity index (χ4v) is 3.08. The number of hydrogen-bond donors (Lipinski definition) is 2. The molecule has 0 radical (unpaired) electrons. The van der Waals surface area contributed by atoms with Crippen molar-refractivity contribution in [2.75, 3.05) is 7.11 Å². The Morgan fingerprint density at radius 1 is 1.03 bits per heavy atom. The fourth-order valence-electron chi connectivity index (χ4n) is 3.08. The molecule has 1 heterocycles. The lowest BCUT2D eigenvalue weighted by atomic mass is 10.0. The molecule has 10 heteroatoms. The van der Waals surface area contributed by atoms with Crippen LogP contribution in [0.15, 0.2) is 54.3 Å². The maximum absolute atomic E-state index is 12.2. The number of rotatable bonds is 8. The second-order valence-corrected chi connectivity index (χ2v) is 8.68. The van der Waals surface area contributed by atoms with E-state index in [9.17, 15) is 19.2 Å². The summed E-state index contributed by atoms with van der Waals surface area (Å²) >= 11 is 0. The third-order valence-electron chi connectivity index (χ3n) is 4.71. The minimum absolute atomic E-state index is 0.0774. The third kappa shape index (κ3) is 7.15. The molecule has 2 aromatic carbocycles. The molecule has 3 amide bonds. The number of cyclic esters (lactones) is 1. The van der Waals surface area contributed by atoms with Crippen LogP contribution in [0, 0.1) is 0 Å². The average Bonchev–Trinajstić information content (AvgIpc) is 3.11. The van der Waals surface area contributed by atoms with Gasteiger partial charge in [-0.1, -0.05) is 24.3 Å². The van der Waals surface area contributed by atoms with Crippen molar-refractivity contribution in [3.8, 4) is 11.5 Å². The fraction of sp³-hybridized carbons (Fsp3) is 0.280. The lowest BCUT2D eigenvalue weighted by molar-refractivity contribution is -0.131. The molecule has 3 rings (SSSR count). The van der Waals surface area contributed by atoms with E-state index in [1.165, 1.54) is 13.2 Å². The molecule has 10 nitrogen and oxygen atoms in total. The number of ether oxygens (including phenoxy) is 4. The van der Waals surface area contributed by atoms with E-state index in [2.05, 4.69) is 5.32 Å². The number of nitrogens with one attached hydrogen (secondary N) is 2. The second-order valence-electron chi connectivity index (χ2n) is 8.68. The Morgan fingerprint density at radius 2 is 1.63 bits per heavy atom. The molecule has 2 N–H and O–H groups in total. The number of hydrogen-bond acceptors (Lipinski definition) is 8. The zero-order valence-corrected chi connectivity index (χ0v) is 19.7. The van der Waals surface area contributed by atoms with Crippen molar-refractivity contribution in [3.05, 3.63) is 65.4 Å². The number of imide groups is 1. The molecule has 0 aliphatic carbocycles. The van der Waals surface area contributed by atoms with Crippen LogP contribution in [0.3, 0.4) is 0 Å². The summed E-state index contributed by atoms with van der Waals surface area (Å²) in [4.78, 5) is 46.6. The van der Waals surface area contributed by atoms with Crippen molar-refractivity contribution in [3.63, 3.8) is 0 Å². The number of carbonyl (C=O) groups excluding carboxylic acids is 4. The molecule has 0 bridgehead atoms. The van der Waals surface area contributed by atoms with Crippen LogP contribution in [-0.2, 0) is 30.2 Å². The smallest absolute Gasteiger partial charge is 0.419 e. The third-order valence-corrected chi connectivity index (χ3v) is 4.71. The van der Waals surface area contributed by atoms with Gasteiger partial charge in [0.25, 0.3) is 5.91 Å². The molecular weight excluding hydrogens is 456 g/mol. The van der Waals surface area contributed by atoms with Crippen molar-refractivity contribution in [1.82, 2.24) is 10.6 Å². The molecule has 1 aliphatic heterocycles. The number of carbonyl (C=O) groups is 4. The summed E-state index contributed by atoms with van der Waals surface area (Å²) in [6, 6.07) is 13.7. The van der Waals surface area contributed by atoms with Gasteiger partial charge in [-0.2, -0.15) is 0 Å². The molecule has 0 aromatic heterocycles. The van der Waals surface area contributed by atoms with Crippen LogP contribution in [-0.4, -0.2) is 42.8 Å². The van der Waals surface area contributed by atoms with Crippen LogP contribution in [0.25, 0.3) is 6.08 Å². The molecule has 0 saturated carbocycles. The number of methoxy groups -OCH3 is 1. The molecule has 1 fully saturated rings. The van der Waals surface area contributed by atoms with Gasteiger partial charge >= 0.3 is 12.2 Å². The van der Waals surface area contributed by atoms with Crippen LogP contribution in [0.5, 0.6) is 11.5 Å². The Hall–Kier alpha value is -4.18. The van der Waals surface area contributed by atoms with E-state index in [1.54, 1.807) is 69.3 Å². The van der Waals surface area contributed by atoms with Gasteiger partial charge in [0.05, 0.1) is 0 Å². The highest BCUT2D eigenvalue weighted by Gasteiger charge is 2.34. The first kappa shape index (κ1) is 25.4. The summed E-state index contributed by atoms with van der Waals surface area (Å²) < 4.78 is 21.1. The minimum atomic E-state index is -1.58. The van der Waals surface area contributed by atoms with E-state index >= 15 is 0 Å². The summed E-state index contributed by atoms with van der Waals surface area (Å²) in [5, 5.41) is 4.51. The highest BCUT2D eigenvalue weighted by atomic mass is 16.6. The van der Waals surface area contributed by atoms with Crippen molar-refractivity contribution in [2.24, 2.45) is 0 Å². The molecule has 2 aromatic rings. The van der Waals surface area contributed by atoms with E-state index in [0.717, 1.165) is 0 Å². The number of alkyl carbamates (subject to hydrolysis) is 2. The largest absolute Gasteiger partial charge is 0.457 e. The van der Waals surface area contributed by atoms with E-state index in [-0.39, 0.29) is 12.2 Å². The monoisotopic (exact) mass is 482 g/mol. The molecule has 1 saturated heterocycles. The zero-order chi connectivity index (χ0) is 25.6. The Labute approximate surface area is 202 Å². The van der Waals surface area contributed by atoms with Crippen molar-refractivity contribution >= 4 is 30.5 Å². The lowest BCUT2D eigenvalue weighted by Crippen LogP contribution is -2.54. The Kier molecular flexibility index (Phi) is 7.55. The molecule has 1 aliphatic rings. The predicted octanol–water partition coefficient (Wildman–Crippen LogP) is 3.70. The first-order chi connectivity index (χ1) is 16.5. The van der Waals surface area contributed by atoms with E-state index in [1.807, 2.05) is 5.32 Å². The zero-order valence-electron chi connectivity index (χ0n) is 19.7. The normalized spacial score (nSPS) is 16.2. The van der Waals surface area contributed by atoms with E-state index in [0.29, 0.717) is 28.9 Å². The van der Waals surface area contributed by atoms with Gasteiger partial charge in [0, 0.05) is 13.5 Å². The van der Waals surface area contributed by atoms with Gasteiger partial charge in [0.15, 0.2) is 12.0 Å². The van der Waals surface area contributed by atoms with Crippen LogP contribution in [0.2, 0.25) is 0 Å². The van der Waals surface area contributed by atoms with Gasteiger partial charge in [0.2, 0.25) is 5.72 Å². The first-order valence-corrected chi connectivity index (χ1v) is 10.7. The summed E-state index contributed by atoms with van der Waals surface area (Å²) in [6.07, 6.45) is 0.472. The molecule has 1 atom stereocenters. The van der Waals surface area contributed by atoms with Crippen molar-refractivity contribution in [2.45, 2.75) is 38.5 Å². The maximum atomic E-state index is 12.2. The Bertz CT molecular complexity index is 1130. The molecule has 35 heavy (non-hydrogen) atoms. The van der Waals surface area contributed by atoms with Gasteiger partial charge in [-0.05, 0) is 62.2 Å². The van der Waals surface area contributed by atoms with Crippen LogP contribution < -0.4 is 15.4 Å². The predicted molar refractivity (Wildman–Crippen MR) is 124 cm³/mol. The molecular formula is C25H26N2O8. The van der Waals surface area contributed by atoms with Gasteiger partial charge in [-0.3, -0.25) is 20.2 Å². The average molecular weight is 482 g/mol. The molecule has 1 unspecified atom stereocenters. The van der Waals surface area contributed by atoms with Gasteiger partial charge in [0.1, 0.15) is 17.1 Å². The molecule has 0 spiro atoms. The van der Waals surface area contributed by atoms with E-state index < -0.39 is 29.4 Å². The van der Waals surface area contributed by atoms with Gasteiger partial charge < -0.3 is 18.9 Å². The standard InChI is InChI=1S/C25H26N2O8/c1-24(2,3)35-23(31)27-25(15-28,32-4)14-17-7-11-19(12-8-17)33-18-9-5-16(6-10-18)13-20-21(29)26-22(30)34-20/h5-13,15H,14H2,1-4H3,(H,27,31)(H,26,29,30). The summed E-state index contributed by atoms with van der Waals surface area (Å²) in [7, 11) is 1.33. The van der Waals surface area contributed by atoms with Crippen molar-refractivity contribution < 1.29 is 38.1 Å². The topological polar surface area (TPSA) is 129 Å². The number of aldehydes is 1. The first-order valence-electron chi connectivity index (χ1n) is 10.7. The highest BCUT2D eigenvalue weighted by molar-refractivity contribution is 6.09. The lowest BCUT2D eigenvalue weighted by Gasteiger charge is -2.29. The van der Waals surface area contributed by atoms with Gasteiger partial charge in [-0.15, -0.1) is 0 Å². The van der Waals surface area contributed by atoms with Gasteiger partial charge in [-0.25, -0.2) is 9.59 Å². The van der Waals surface area contributed by atoms with Crippen LogP contribution in [0.4, 0.5) is 9.59 Å². The number of benzene rings is 2. The number of amides is 3. The SMILES string of the molecule is COC(C=O)(Cc1ccc(Oc2ccc(C=C3OC(=O)NC3=O)cc2)cc1)NC(=O)OC(C)(C)C. The minimum Gasteiger partial charge on any atom is -0.457 e. The second kappa shape index (κ2) is 10.4. The Balaban J connectivity index is 1.63. The molecule has 184 valence electrons. The quantitative estimate of drug-likeness (QED) is 0.331. The van der Waals surface area contributed by atoms with E-state index in [4.69, 9.17) is 18.9 Å².